The number of carbonyl (C=O) groups is 2. The van der Waals surface area contributed by atoms with E-state index in [4.69, 9.17) is 0 Å². The monoisotopic (exact) mass is 408 g/mol. The Hall–Kier alpha value is -2.62. The Morgan fingerprint density at radius 2 is 1.63 bits per heavy atom. The molecular formula is C26H36N2O2. The number of benzene rings is 2. The molecule has 0 heterocycles. The van der Waals surface area contributed by atoms with Crippen LogP contribution in [0.25, 0.3) is 0 Å². The van der Waals surface area contributed by atoms with E-state index in [-0.39, 0.29) is 23.3 Å². The molecule has 0 bridgehead atoms. The van der Waals surface area contributed by atoms with Crippen molar-refractivity contribution in [2.45, 2.75) is 65.3 Å². The van der Waals surface area contributed by atoms with Crippen molar-refractivity contribution >= 4 is 11.8 Å². The van der Waals surface area contributed by atoms with Crippen molar-refractivity contribution < 1.29 is 9.59 Å². The van der Waals surface area contributed by atoms with E-state index in [1.807, 2.05) is 54.3 Å². The number of nitrogens with zero attached hydrogens (tertiary/aromatic N) is 1. The van der Waals surface area contributed by atoms with Crippen molar-refractivity contribution in [3.8, 4) is 0 Å². The molecule has 0 spiro atoms. The molecule has 1 atom stereocenters. The Morgan fingerprint density at radius 3 is 2.20 bits per heavy atom. The van der Waals surface area contributed by atoms with Gasteiger partial charge in [0.05, 0.1) is 0 Å². The molecule has 30 heavy (non-hydrogen) atoms. The molecule has 0 saturated heterocycles. The first-order valence-electron chi connectivity index (χ1n) is 10.9. The predicted octanol–water partition coefficient (Wildman–Crippen LogP) is 4.97. The first kappa shape index (κ1) is 23.7. The van der Waals surface area contributed by atoms with Crippen molar-refractivity contribution in [2.24, 2.45) is 0 Å². The van der Waals surface area contributed by atoms with Crippen LogP contribution in [-0.4, -0.2) is 35.8 Å². The number of nitrogens with one attached hydrogen (secondary N) is 1. The summed E-state index contributed by atoms with van der Waals surface area (Å²) in [4.78, 5) is 27.2. The van der Waals surface area contributed by atoms with E-state index in [0.717, 1.165) is 12.8 Å². The Labute approximate surface area is 181 Å². The van der Waals surface area contributed by atoms with Crippen molar-refractivity contribution in [3.05, 3.63) is 71.3 Å². The molecule has 1 unspecified atom stereocenters. The summed E-state index contributed by atoms with van der Waals surface area (Å²) in [7, 11) is 0. The third-order valence-electron chi connectivity index (χ3n) is 5.54. The van der Waals surface area contributed by atoms with Crippen molar-refractivity contribution in [1.29, 1.82) is 0 Å². The molecule has 0 aliphatic carbocycles. The van der Waals surface area contributed by atoms with E-state index >= 15 is 0 Å². The quantitative estimate of drug-likeness (QED) is 0.636. The molecule has 162 valence electrons. The van der Waals surface area contributed by atoms with Gasteiger partial charge < -0.3 is 10.2 Å². The molecule has 2 aromatic carbocycles. The van der Waals surface area contributed by atoms with Gasteiger partial charge in [0.25, 0.3) is 5.91 Å². The minimum absolute atomic E-state index is 0.0121. The van der Waals surface area contributed by atoms with Gasteiger partial charge >= 0.3 is 0 Å². The maximum atomic E-state index is 13.1. The lowest BCUT2D eigenvalue weighted by atomic mass is 9.86. The molecule has 2 amide bonds. The van der Waals surface area contributed by atoms with E-state index < -0.39 is 0 Å². The number of hydrogen-bond donors (Lipinski definition) is 1. The molecular weight excluding hydrogens is 372 g/mol. The second kappa shape index (κ2) is 11.0. The molecule has 2 rings (SSSR count). The zero-order valence-corrected chi connectivity index (χ0v) is 19.1. The van der Waals surface area contributed by atoms with E-state index in [9.17, 15) is 9.59 Å². The van der Waals surface area contributed by atoms with Gasteiger partial charge in [-0.15, -0.1) is 0 Å². The molecule has 4 nitrogen and oxygen atoms in total. The molecule has 4 heteroatoms. The van der Waals surface area contributed by atoms with Crippen LogP contribution in [0.1, 0.15) is 68.9 Å². The normalized spacial score (nSPS) is 12.3. The molecule has 0 saturated carbocycles. The highest BCUT2D eigenvalue weighted by Crippen LogP contribution is 2.23. The lowest BCUT2D eigenvalue weighted by Crippen LogP contribution is -2.41. The lowest BCUT2D eigenvalue weighted by Gasteiger charge is -2.29. The van der Waals surface area contributed by atoms with Gasteiger partial charge in [-0.3, -0.25) is 9.59 Å². The summed E-state index contributed by atoms with van der Waals surface area (Å²) >= 11 is 0. The Balaban J connectivity index is 1.93. The highest BCUT2D eigenvalue weighted by molar-refractivity contribution is 5.94. The first-order chi connectivity index (χ1) is 14.2. The zero-order valence-electron chi connectivity index (χ0n) is 19.1. The smallest absolute Gasteiger partial charge is 0.254 e. The standard InChI is InChI=1S/C26H36N2O2/c1-6-20(2)28(25(30)22-12-14-23(15-13-22)26(3,4)5)19-17-24(29)27-18-16-21-10-8-7-9-11-21/h7-15,20H,6,16-19H2,1-5H3,(H,27,29). The summed E-state index contributed by atoms with van der Waals surface area (Å²) in [5.74, 6) is -0.0305. The number of carbonyl (C=O) groups excluding carboxylic acids is 2. The van der Waals surface area contributed by atoms with Crippen LogP contribution in [0.2, 0.25) is 0 Å². The predicted molar refractivity (Wildman–Crippen MR) is 124 cm³/mol. The van der Waals surface area contributed by atoms with Crippen LogP contribution in [-0.2, 0) is 16.6 Å². The molecule has 2 aromatic rings. The second-order valence-corrected chi connectivity index (χ2v) is 8.92. The summed E-state index contributed by atoms with van der Waals surface area (Å²) in [6.45, 7) is 11.6. The first-order valence-corrected chi connectivity index (χ1v) is 10.9. The summed E-state index contributed by atoms with van der Waals surface area (Å²) < 4.78 is 0. The van der Waals surface area contributed by atoms with Crippen LogP contribution in [0.3, 0.4) is 0 Å². The Bertz CT molecular complexity index is 807. The van der Waals surface area contributed by atoms with Crippen LogP contribution >= 0.6 is 0 Å². The Kier molecular flexibility index (Phi) is 8.64. The van der Waals surface area contributed by atoms with E-state index in [0.29, 0.717) is 25.1 Å². The van der Waals surface area contributed by atoms with E-state index in [1.54, 1.807) is 0 Å². The SMILES string of the molecule is CCC(C)N(CCC(=O)NCCc1ccccc1)C(=O)c1ccc(C(C)(C)C)cc1. The van der Waals surface area contributed by atoms with Crippen LogP contribution in [0.5, 0.6) is 0 Å². The van der Waals surface area contributed by atoms with Gasteiger partial charge in [-0.25, -0.2) is 0 Å². The van der Waals surface area contributed by atoms with Gasteiger partial charge in [-0.1, -0.05) is 70.2 Å². The fraction of sp³-hybridized carbons (Fsp3) is 0.462. The summed E-state index contributed by atoms with van der Waals surface area (Å²) in [5.41, 5.74) is 3.13. The highest BCUT2D eigenvalue weighted by Gasteiger charge is 2.22. The van der Waals surface area contributed by atoms with Crippen LogP contribution < -0.4 is 5.32 Å². The topological polar surface area (TPSA) is 49.4 Å². The van der Waals surface area contributed by atoms with Crippen LogP contribution in [0.4, 0.5) is 0 Å². The van der Waals surface area contributed by atoms with Crippen molar-refractivity contribution in [2.75, 3.05) is 13.1 Å². The average molecular weight is 409 g/mol. The molecule has 0 aliphatic rings. The molecule has 0 aliphatic heterocycles. The van der Waals surface area contributed by atoms with Crippen molar-refractivity contribution in [3.63, 3.8) is 0 Å². The van der Waals surface area contributed by atoms with Crippen LogP contribution in [0, 0.1) is 0 Å². The molecule has 0 aromatic heterocycles. The molecule has 0 radical (unpaired) electrons. The molecule has 1 N–H and O–H groups in total. The van der Waals surface area contributed by atoms with Gasteiger partial charge in [0.2, 0.25) is 5.91 Å². The van der Waals surface area contributed by atoms with Gasteiger partial charge in [0, 0.05) is 31.1 Å². The van der Waals surface area contributed by atoms with Gasteiger partial charge in [0.1, 0.15) is 0 Å². The summed E-state index contributed by atoms with van der Waals surface area (Å²) in [6.07, 6.45) is 1.97. The third-order valence-corrected chi connectivity index (χ3v) is 5.54. The number of amides is 2. The lowest BCUT2D eigenvalue weighted by molar-refractivity contribution is -0.121. The zero-order chi connectivity index (χ0) is 22.1. The fourth-order valence-corrected chi connectivity index (χ4v) is 3.32. The van der Waals surface area contributed by atoms with Crippen molar-refractivity contribution in [1.82, 2.24) is 10.2 Å². The third kappa shape index (κ3) is 7.01. The second-order valence-electron chi connectivity index (χ2n) is 8.92. The number of rotatable bonds is 9. The summed E-state index contributed by atoms with van der Waals surface area (Å²) in [6, 6.07) is 18.0. The van der Waals surface area contributed by atoms with Gasteiger partial charge in [0.15, 0.2) is 0 Å². The minimum Gasteiger partial charge on any atom is -0.356 e. The Morgan fingerprint density at radius 1 is 1.00 bits per heavy atom. The largest absolute Gasteiger partial charge is 0.356 e. The van der Waals surface area contributed by atoms with Gasteiger partial charge in [-0.2, -0.15) is 0 Å². The maximum Gasteiger partial charge on any atom is 0.254 e. The fourth-order valence-electron chi connectivity index (χ4n) is 3.32. The highest BCUT2D eigenvalue weighted by atomic mass is 16.2. The van der Waals surface area contributed by atoms with E-state index in [1.165, 1.54) is 11.1 Å². The number of hydrogen-bond acceptors (Lipinski definition) is 2. The average Bonchev–Trinajstić information content (AvgIpc) is 2.73. The summed E-state index contributed by atoms with van der Waals surface area (Å²) in [5, 5.41) is 2.97. The minimum atomic E-state index is -0.0184. The molecule has 0 fully saturated rings. The van der Waals surface area contributed by atoms with Crippen LogP contribution in [0.15, 0.2) is 54.6 Å². The van der Waals surface area contributed by atoms with E-state index in [2.05, 4.69) is 45.1 Å². The van der Waals surface area contributed by atoms with Gasteiger partial charge in [-0.05, 0) is 48.4 Å². The maximum absolute atomic E-state index is 13.1.